The van der Waals surface area contributed by atoms with Crippen LogP contribution in [0.3, 0.4) is 0 Å². The van der Waals surface area contributed by atoms with E-state index < -0.39 is 0 Å². The lowest BCUT2D eigenvalue weighted by Crippen LogP contribution is -2.18. The summed E-state index contributed by atoms with van der Waals surface area (Å²) in [6.45, 7) is 9.80. The van der Waals surface area contributed by atoms with Crippen molar-refractivity contribution in [2.24, 2.45) is 0 Å². The molecule has 2 N–H and O–H groups in total. The number of rotatable bonds is 5. The van der Waals surface area contributed by atoms with Crippen molar-refractivity contribution in [2.75, 3.05) is 5.32 Å². The topological polar surface area (TPSA) is 96.7 Å². The SMILES string of the molecule is Cc1noc(C)c1-c1c[nH]c(=O)c(NC(C)c2ccnc(C(C)C)n2)c1. The van der Waals surface area contributed by atoms with E-state index in [4.69, 9.17) is 4.52 Å². The molecule has 1 atom stereocenters. The van der Waals surface area contributed by atoms with Crippen molar-refractivity contribution in [2.45, 2.75) is 46.6 Å². The van der Waals surface area contributed by atoms with Crippen LogP contribution in [0.15, 0.2) is 33.8 Å². The van der Waals surface area contributed by atoms with Gasteiger partial charge in [-0.2, -0.15) is 0 Å². The molecule has 0 aromatic carbocycles. The summed E-state index contributed by atoms with van der Waals surface area (Å²) in [5, 5.41) is 7.22. The lowest BCUT2D eigenvalue weighted by Gasteiger charge is -2.16. The molecule has 7 heteroatoms. The maximum Gasteiger partial charge on any atom is 0.271 e. The van der Waals surface area contributed by atoms with Gasteiger partial charge in [-0.05, 0) is 32.9 Å². The third-order valence-corrected chi connectivity index (χ3v) is 4.25. The van der Waals surface area contributed by atoms with Gasteiger partial charge in [0.2, 0.25) is 0 Å². The predicted octanol–water partition coefficient (Wildman–Crippen LogP) is 3.73. The van der Waals surface area contributed by atoms with Crippen LogP contribution in [-0.2, 0) is 0 Å². The van der Waals surface area contributed by atoms with Crippen LogP contribution < -0.4 is 10.9 Å². The fourth-order valence-corrected chi connectivity index (χ4v) is 2.85. The molecule has 3 rings (SSSR count). The number of nitrogens with zero attached hydrogens (tertiary/aromatic N) is 3. The Morgan fingerprint density at radius 3 is 2.65 bits per heavy atom. The predicted molar refractivity (Wildman–Crippen MR) is 100 cm³/mol. The van der Waals surface area contributed by atoms with E-state index in [2.05, 4.69) is 39.3 Å². The quantitative estimate of drug-likeness (QED) is 0.725. The summed E-state index contributed by atoms with van der Waals surface area (Å²) in [4.78, 5) is 23.9. The molecule has 3 aromatic rings. The normalized spacial score (nSPS) is 12.4. The Morgan fingerprint density at radius 1 is 1.23 bits per heavy atom. The van der Waals surface area contributed by atoms with E-state index in [0.717, 1.165) is 28.3 Å². The van der Waals surface area contributed by atoms with Gasteiger partial charge in [-0.3, -0.25) is 4.79 Å². The fraction of sp³-hybridized carbons (Fsp3) is 0.368. The molecule has 0 bridgehead atoms. The highest BCUT2D eigenvalue weighted by Crippen LogP contribution is 2.27. The maximum absolute atomic E-state index is 12.3. The Hall–Kier alpha value is -2.96. The second-order valence-electron chi connectivity index (χ2n) is 6.69. The minimum absolute atomic E-state index is 0.142. The molecular weight excluding hydrogens is 330 g/mol. The molecular formula is C19H23N5O2. The third-order valence-electron chi connectivity index (χ3n) is 4.25. The highest BCUT2D eigenvalue weighted by molar-refractivity contribution is 5.70. The van der Waals surface area contributed by atoms with E-state index >= 15 is 0 Å². The van der Waals surface area contributed by atoms with Crippen LogP contribution in [0.2, 0.25) is 0 Å². The zero-order chi connectivity index (χ0) is 18.8. The second kappa shape index (κ2) is 7.11. The summed E-state index contributed by atoms with van der Waals surface area (Å²) in [5.41, 5.74) is 3.64. The van der Waals surface area contributed by atoms with Crippen LogP contribution in [0.25, 0.3) is 11.1 Å². The largest absolute Gasteiger partial charge is 0.372 e. The van der Waals surface area contributed by atoms with E-state index in [9.17, 15) is 4.79 Å². The standard InChI is InChI=1S/C19H23N5O2/c1-10(2)18-20-7-6-15(23-18)11(3)22-16-8-14(9-21-19(16)25)17-12(4)24-26-13(17)5/h6-11,22H,1-5H3,(H,21,25). The van der Waals surface area contributed by atoms with Crippen LogP contribution in [0.4, 0.5) is 5.69 Å². The van der Waals surface area contributed by atoms with Crippen molar-refractivity contribution in [3.05, 3.63) is 57.9 Å². The van der Waals surface area contributed by atoms with E-state index in [0.29, 0.717) is 11.4 Å². The Bertz CT molecular complexity index is 955. The number of aryl methyl sites for hydroxylation is 2. The van der Waals surface area contributed by atoms with Crippen molar-refractivity contribution >= 4 is 5.69 Å². The number of hydrogen-bond acceptors (Lipinski definition) is 6. The minimum Gasteiger partial charge on any atom is -0.372 e. The van der Waals surface area contributed by atoms with Gasteiger partial charge >= 0.3 is 0 Å². The summed E-state index contributed by atoms with van der Waals surface area (Å²) in [6.07, 6.45) is 3.42. The highest BCUT2D eigenvalue weighted by atomic mass is 16.5. The van der Waals surface area contributed by atoms with Gasteiger partial charge in [0, 0.05) is 29.4 Å². The Morgan fingerprint density at radius 2 is 2.00 bits per heavy atom. The first kappa shape index (κ1) is 17.8. The summed E-state index contributed by atoms with van der Waals surface area (Å²) in [5.74, 6) is 1.74. The van der Waals surface area contributed by atoms with Gasteiger partial charge in [0.15, 0.2) is 0 Å². The zero-order valence-electron chi connectivity index (χ0n) is 15.6. The van der Waals surface area contributed by atoms with Crippen molar-refractivity contribution in [3.63, 3.8) is 0 Å². The molecule has 0 radical (unpaired) electrons. The monoisotopic (exact) mass is 353 g/mol. The molecule has 136 valence electrons. The number of aromatic nitrogens is 4. The van der Waals surface area contributed by atoms with Gasteiger partial charge in [-0.25, -0.2) is 9.97 Å². The Labute approximate surface area is 151 Å². The fourth-order valence-electron chi connectivity index (χ4n) is 2.85. The van der Waals surface area contributed by atoms with Gasteiger partial charge in [0.05, 0.1) is 17.4 Å². The smallest absolute Gasteiger partial charge is 0.271 e. The number of aromatic amines is 1. The molecule has 0 aliphatic heterocycles. The molecule has 0 saturated heterocycles. The number of nitrogens with one attached hydrogen (secondary N) is 2. The maximum atomic E-state index is 12.3. The highest BCUT2D eigenvalue weighted by Gasteiger charge is 2.15. The first-order valence-corrected chi connectivity index (χ1v) is 8.62. The molecule has 0 aliphatic rings. The van der Waals surface area contributed by atoms with Crippen LogP contribution >= 0.6 is 0 Å². The van der Waals surface area contributed by atoms with Gasteiger partial charge in [0.1, 0.15) is 17.3 Å². The molecule has 0 amide bonds. The van der Waals surface area contributed by atoms with Crippen molar-refractivity contribution in [1.29, 1.82) is 0 Å². The zero-order valence-corrected chi connectivity index (χ0v) is 15.6. The summed E-state index contributed by atoms with van der Waals surface area (Å²) < 4.78 is 5.23. The molecule has 3 aromatic heterocycles. The summed E-state index contributed by atoms with van der Waals surface area (Å²) in [7, 11) is 0. The van der Waals surface area contributed by atoms with E-state index in [1.165, 1.54) is 0 Å². The van der Waals surface area contributed by atoms with Crippen molar-refractivity contribution in [3.8, 4) is 11.1 Å². The Kier molecular flexibility index (Phi) is 4.88. The average Bonchev–Trinajstić information content (AvgIpc) is 2.95. The minimum atomic E-state index is -0.189. The van der Waals surface area contributed by atoms with Gasteiger partial charge in [0.25, 0.3) is 5.56 Å². The molecule has 0 spiro atoms. The lowest BCUT2D eigenvalue weighted by molar-refractivity contribution is 0.393. The van der Waals surface area contributed by atoms with Crippen LogP contribution in [0, 0.1) is 13.8 Å². The third kappa shape index (κ3) is 3.51. The first-order chi connectivity index (χ1) is 12.4. The lowest BCUT2D eigenvalue weighted by atomic mass is 10.1. The molecule has 3 heterocycles. The average molecular weight is 353 g/mol. The van der Waals surface area contributed by atoms with Gasteiger partial charge < -0.3 is 14.8 Å². The Balaban J connectivity index is 1.91. The summed E-state index contributed by atoms with van der Waals surface area (Å²) >= 11 is 0. The molecule has 0 aliphatic carbocycles. The number of anilines is 1. The second-order valence-corrected chi connectivity index (χ2v) is 6.69. The van der Waals surface area contributed by atoms with Crippen molar-refractivity contribution in [1.82, 2.24) is 20.1 Å². The van der Waals surface area contributed by atoms with Gasteiger partial charge in [-0.15, -0.1) is 0 Å². The van der Waals surface area contributed by atoms with Crippen LogP contribution in [0.5, 0.6) is 0 Å². The van der Waals surface area contributed by atoms with E-state index in [1.807, 2.05) is 32.9 Å². The number of hydrogen-bond donors (Lipinski definition) is 2. The van der Waals surface area contributed by atoms with Crippen LogP contribution in [0.1, 0.15) is 55.7 Å². The van der Waals surface area contributed by atoms with E-state index in [-0.39, 0.29) is 17.5 Å². The number of pyridine rings is 1. The first-order valence-electron chi connectivity index (χ1n) is 8.62. The molecule has 0 fully saturated rings. The molecule has 26 heavy (non-hydrogen) atoms. The molecule has 0 saturated carbocycles. The molecule has 7 nitrogen and oxygen atoms in total. The molecule has 1 unspecified atom stereocenters. The van der Waals surface area contributed by atoms with Crippen LogP contribution in [-0.4, -0.2) is 20.1 Å². The summed E-state index contributed by atoms with van der Waals surface area (Å²) in [6, 6.07) is 3.53. The van der Waals surface area contributed by atoms with Gasteiger partial charge in [-0.1, -0.05) is 19.0 Å². The van der Waals surface area contributed by atoms with E-state index in [1.54, 1.807) is 12.4 Å². The van der Waals surface area contributed by atoms with Crippen molar-refractivity contribution < 1.29 is 4.52 Å². The number of H-pyrrole nitrogens is 1.